The Bertz CT molecular complexity index is 436. The molecule has 0 saturated heterocycles. The van der Waals surface area contributed by atoms with Crippen molar-refractivity contribution in [1.29, 1.82) is 0 Å². The maximum atomic E-state index is 9.30. The molecule has 3 N–H and O–H groups in total. The Kier molecular flexibility index (Phi) is 1.66. The zero-order valence-corrected chi connectivity index (χ0v) is 7.82. The van der Waals surface area contributed by atoms with E-state index in [1.807, 2.05) is 18.2 Å². The van der Waals surface area contributed by atoms with Crippen LogP contribution in [0.1, 0.15) is 0 Å². The fourth-order valence-electron chi connectivity index (χ4n) is 1.09. The van der Waals surface area contributed by atoms with Gasteiger partial charge < -0.3 is 10.8 Å². The van der Waals surface area contributed by atoms with E-state index in [-0.39, 0.29) is 5.06 Å². The first kappa shape index (κ1) is 7.76. The second kappa shape index (κ2) is 2.57. The fraction of sp³-hybridized carbons (Fsp3) is 0. The van der Waals surface area contributed by atoms with Crippen molar-refractivity contribution in [2.24, 2.45) is 0 Å². The zero-order valence-electron chi connectivity index (χ0n) is 6.11. The third kappa shape index (κ3) is 1.04. The van der Waals surface area contributed by atoms with E-state index in [2.05, 4.69) is 12.6 Å². The van der Waals surface area contributed by atoms with Gasteiger partial charge in [-0.3, -0.25) is 0 Å². The Hall–Kier alpha value is -0.870. The molecule has 12 heavy (non-hydrogen) atoms. The molecule has 2 nitrogen and oxygen atoms in total. The number of aromatic hydroxyl groups is 1. The lowest BCUT2D eigenvalue weighted by Gasteiger charge is -1.91. The average Bonchev–Trinajstić information content (AvgIpc) is 2.28. The lowest BCUT2D eigenvalue weighted by molar-refractivity contribution is 0.493. The maximum Gasteiger partial charge on any atom is 0.196 e. The molecule has 1 aromatic carbocycles. The minimum Gasteiger partial charge on any atom is -0.498 e. The molecular formula is C8H7NOS2. The Morgan fingerprint density at radius 1 is 1.42 bits per heavy atom. The van der Waals surface area contributed by atoms with E-state index in [9.17, 15) is 5.11 Å². The lowest BCUT2D eigenvalue weighted by atomic mass is 10.2. The van der Waals surface area contributed by atoms with E-state index in [1.165, 1.54) is 11.3 Å². The summed E-state index contributed by atoms with van der Waals surface area (Å²) in [6.07, 6.45) is 0. The van der Waals surface area contributed by atoms with Crippen LogP contribution in [0.3, 0.4) is 0 Å². The number of rotatable bonds is 0. The van der Waals surface area contributed by atoms with Crippen molar-refractivity contribution in [1.82, 2.24) is 0 Å². The first-order chi connectivity index (χ1) is 5.68. The van der Waals surface area contributed by atoms with E-state index in [1.54, 1.807) is 0 Å². The highest BCUT2D eigenvalue weighted by Gasteiger charge is 2.06. The molecule has 0 atom stereocenters. The Morgan fingerprint density at radius 3 is 2.92 bits per heavy atom. The van der Waals surface area contributed by atoms with Gasteiger partial charge >= 0.3 is 0 Å². The minimum atomic E-state index is 0.184. The Balaban J connectivity index is 2.87. The van der Waals surface area contributed by atoms with Gasteiger partial charge in [-0.15, -0.1) is 12.6 Å². The summed E-state index contributed by atoms with van der Waals surface area (Å²) >= 11 is 5.46. The van der Waals surface area contributed by atoms with Crippen LogP contribution in [0.4, 0.5) is 5.69 Å². The van der Waals surface area contributed by atoms with Crippen LogP contribution in [0, 0.1) is 0 Å². The fourth-order valence-corrected chi connectivity index (χ4v) is 2.29. The maximum absolute atomic E-state index is 9.30. The third-order valence-corrected chi connectivity index (χ3v) is 2.94. The quantitative estimate of drug-likeness (QED) is 0.568. The van der Waals surface area contributed by atoms with Crippen LogP contribution in [0.25, 0.3) is 10.1 Å². The van der Waals surface area contributed by atoms with Crippen LogP contribution < -0.4 is 5.73 Å². The van der Waals surface area contributed by atoms with E-state index >= 15 is 0 Å². The van der Waals surface area contributed by atoms with Crippen LogP contribution in [-0.2, 0) is 0 Å². The molecule has 2 aromatic rings. The third-order valence-electron chi connectivity index (χ3n) is 1.69. The lowest BCUT2D eigenvalue weighted by Crippen LogP contribution is -1.80. The van der Waals surface area contributed by atoms with Gasteiger partial charge in [0.1, 0.15) is 0 Å². The van der Waals surface area contributed by atoms with Crippen molar-refractivity contribution in [2.45, 2.75) is 4.90 Å². The number of hydrogen-bond acceptors (Lipinski definition) is 4. The summed E-state index contributed by atoms with van der Waals surface area (Å²) in [7, 11) is 0. The van der Waals surface area contributed by atoms with Gasteiger partial charge in [-0.1, -0.05) is 17.4 Å². The van der Waals surface area contributed by atoms with Gasteiger partial charge in [0, 0.05) is 15.0 Å². The standard InChI is InChI=1S/C8H7NOS2/c9-7-5-2-1-4(11)3-6(5)12-8(7)10/h1-3,10-11H,9H2. The predicted octanol–water partition coefficient (Wildman–Crippen LogP) is 2.48. The molecule has 0 aliphatic carbocycles. The first-order valence-corrected chi connectivity index (χ1v) is 4.65. The molecule has 2 rings (SSSR count). The second-order valence-corrected chi connectivity index (χ2v) is 4.05. The van der Waals surface area contributed by atoms with Gasteiger partial charge in [0.25, 0.3) is 0 Å². The molecule has 0 amide bonds. The van der Waals surface area contributed by atoms with Gasteiger partial charge in [-0.25, -0.2) is 0 Å². The molecular weight excluding hydrogens is 190 g/mol. The Morgan fingerprint density at radius 2 is 2.17 bits per heavy atom. The highest BCUT2D eigenvalue weighted by atomic mass is 32.1. The number of nitrogen functional groups attached to an aromatic ring is 1. The zero-order chi connectivity index (χ0) is 8.72. The summed E-state index contributed by atoms with van der Waals surface area (Å²) in [6.45, 7) is 0. The van der Waals surface area contributed by atoms with Crippen molar-refractivity contribution in [3.05, 3.63) is 18.2 Å². The average molecular weight is 197 g/mol. The van der Waals surface area contributed by atoms with E-state index in [4.69, 9.17) is 5.73 Å². The first-order valence-electron chi connectivity index (χ1n) is 3.38. The number of anilines is 1. The van der Waals surface area contributed by atoms with Gasteiger partial charge in [-0.05, 0) is 12.1 Å². The normalized spacial score (nSPS) is 10.8. The highest BCUT2D eigenvalue weighted by Crippen LogP contribution is 2.39. The van der Waals surface area contributed by atoms with Gasteiger partial charge in [0.05, 0.1) is 5.69 Å². The monoisotopic (exact) mass is 197 g/mol. The van der Waals surface area contributed by atoms with Crippen LogP contribution in [-0.4, -0.2) is 5.11 Å². The van der Waals surface area contributed by atoms with Crippen LogP contribution in [0.2, 0.25) is 0 Å². The van der Waals surface area contributed by atoms with Crippen molar-refractivity contribution in [2.75, 3.05) is 5.73 Å². The molecule has 4 heteroatoms. The van der Waals surface area contributed by atoms with Crippen LogP contribution >= 0.6 is 24.0 Å². The van der Waals surface area contributed by atoms with Crippen molar-refractivity contribution in [3.63, 3.8) is 0 Å². The van der Waals surface area contributed by atoms with Gasteiger partial charge in [0.15, 0.2) is 5.06 Å². The highest BCUT2D eigenvalue weighted by molar-refractivity contribution is 7.80. The van der Waals surface area contributed by atoms with Gasteiger partial charge in [0.2, 0.25) is 0 Å². The predicted molar refractivity (Wildman–Crippen MR) is 55.2 cm³/mol. The summed E-state index contributed by atoms with van der Waals surface area (Å²) < 4.78 is 0.970. The number of thiophene rings is 1. The molecule has 0 aliphatic heterocycles. The van der Waals surface area contributed by atoms with E-state index in [0.29, 0.717) is 5.69 Å². The number of benzene rings is 1. The molecule has 0 unspecified atom stereocenters. The molecule has 0 radical (unpaired) electrons. The summed E-state index contributed by atoms with van der Waals surface area (Å²) in [5.74, 6) is 0. The molecule has 0 spiro atoms. The molecule has 0 fully saturated rings. The molecule has 0 saturated carbocycles. The molecule has 0 aliphatic rings. The van der Waals surface area contributed by atoms with E-state index < -0.39 is 0 Å². The second-order valence-electron chi connectivity index (χ2n) is 2.50. The van der Waals surface area contributed by atoms with Crippen LogP contribution in [0.5, 0.6) is 5.06 Å². The summed E-state index contributed by atoms with van der Waals surface area (Å²) in [5, 5.41) is 10.4. The number of fused-ring (bicyclic) bond motifs is 1. The largest absolute Gasteiger partial charge is 0.498 e. The summed E-state index contributed by atoms with van der Waals surface area (Å²) in [4.78, 5) is 0.878. The number of nitrogens with two attached hydrogens (primary N) is 1. The van der Waals surface area contributed by atoms with E-state index in [0.717, 1.165) is 15.0 Å². The van der Waals surface area contributed by atoms with Crippen molar-refractivity contribution >= 4 is 39.7 Å². The summed E-state index contributed by atoms with van der Waals surface area (Å²) in [6, 6.07) is 5.61. The Labute approximate surface area is 79.0 Å². The molecule has 0 bridgehead atoms. The molecule has 1 aromatic heterocycles. The van der Waals surface area contributed by atoms with Gasteiger partial charge in [-0.2, -0.15) is 0 Å². The topological polar surface area (TPSA) is 46.2 Å². The van der Waals surface area contributed by atoms with Crippen LogP contribution in [0.15, 0.2) is 23.1 Å². The minimum absolute atomic E-state index is 0.184. The number of thiol groups is 1. The number of hydrogen-bond donors (Lipinski definition) is 3. The van der Waals surface area contributed by atoms with Crippen molar-refractivity contribution in [3.8, 4) is 5.06 Å². The SMILES string of the molecule is Nc1c(O)sc2cc(S)ccc12. The molecule has 62 valence electrons. The molecule has 1 heterocycles. The summed E-state index contributed by atoms with van der Waals surface area (Å²) in [5.41, 5.74) is 6.09. The van der Waals surface area contributed by atoms with Crippen molar-refractivity contribution < 1.29 is 5.11 Å². The smallest absolute Gasteiger partial charge is 0.196 e.